The second-order valence-electron chi connectivity index (χ2n) is 5.89. The molecule has 0 aliphatic carbocycles. The Bertz CT molecular complexity index is 802. The molecule has 0 bridgehead atoms. The van der Waals surface area contributed by atoms with Gasteiger partial charge in [-0.15, -0.1) is 0 Å². The van der Waals surface area contributed by atoms with E-state index in [0.717, 1.165) is 16.8 Å². The summed E-state index contributed by atoms with van der Waals surface area (Å²) >= 11 is 0. The summed E-state index contributed by atoms with van der Waals surface area (Å²) in [6, 6.07) is 13.4. The van der Waals surface area contributed by atoms with Gasteiger partial charge in [-0.2, -0.15) is 0 Å². The maximum absolute atomic E-state index is 12.0. The molecular formula is C21H24N2O3. The lowest BCUT2D eigenvalue weighted by Crippen LogP contribution is -2.25. The molecule has 2 rings (SSSR count). The summed E-state index contributed by atoms with van der Waals surface area (Å²) < 4.78 is 10.4. The van der Waals surface area contributed by atoms with Crippen molar-refractivity contribution in [2.24, 2.45) is 0 Å². The first-order valence-corrected chi connectivity index (χ1v) is 8.27. The largest absolute Gasteiger partial charge is 0.493 e. The van der Waals surface area contributed by atoms with Crippen LogP contribution in [0.1, 0.15) is 11.1 Å². The Balaban J connectivity index is 1.86. The van der Waals surface area contributed by atoms with Gasteiger partial charge in [0.15, 0.2) is 11.5 Å². The second kappa shape index (κ2) is 9.38. The molecule has 136 valence electrons. The topological polar surface area (TPSA) is 50.8 Å². The molecule has 0 saturated heterocycles. The van der Waals surface area contributed by atoms with Gasteiger partial charge in [-0.25, -0.2) is 0 Å². The van der Waals surface area contributed by atoms with E-state index in [1.54, 1.807) is 26.4 Å². The Morgan fingerprint density at radius 2 is 1.73 bits per heavy atom. The number of nitrogens with one attached hydrogen (secondary N) is 1. The summed E-state index contributed by atoms with van der Waals surface area (Å²) in [7, 11) is 7.14. The predicted molar refractivity (Wildman–Crippen MR) is 104 cm³/mol. The fraction of sp³-hybridized carbons (Fsp3) is 0.286. The van der Waals surface area contributed by atoms with Gasteiger partial charge in [-0.3, -0.25) is 4.79 Å². The quantitative estimate of drug-likeness (QED) is 0.812. The third-order valence-electron chi connectivity index (χ3n) is 3.80. The lowest BCUT2D eigenvalue weighted by atomic mass is 10.1. The van der Waals surface area contributed by atoms with Gasteiger partial charge in [0, 0.05) is 25.3 Å². The van der Waals surface area contributed by atoms with E-state index in [4.69, 9.17) is 9.47 Å². The summed E-state index contributed by atoms with van der Waals surface area (Å²) in [6.45, 7) is 0.307. The molecule has 0 saturated carbocycles. The van der Waals surface area contributed by atoms with Crippen molar-refractivity contribution in [2.75, 3.05) is 39.8 Å². The fourth-order valence-corrected chi connectivity index (χ4v) is 2.37. The first-order chi connectivity index (χ1) is 12.5. The summed E-state index contributed by atoms with van der Waals surface area (Å²) in [4.78, 5) is 14.1. The SMILES string of the molecule is COc1ccc(CC(=O)NCC#Cc2ccc(N(C)C)cc2)cc1OC. The third kappa shape index (κ3) is 5.45. The molecule has 0 radical (unpaired) electrons. The average molecular weight is 352 g/mol. The van der Waals surface area contributed by atoms with Crippen molar-refractivity contribution in [2.45, 2.75) is 6.42 Å². The van der Waals surface area contributed by atoms with Crippen molar-refractivity contribution >= 4 is 11.6 Å². The van der Waals surface area contributed by atoms with E-state index in [2.05, 4.69) is 17.2 Å². The molecular weight excluding hydrogens is 328 g/mol. The van der Waals surface area contributed by atoms with E-state index in [-0.39, 0.29) is 12.3 Å². The number of amides is 1. The Labute approximate surface area is 154 Å². The average Bonchev–Trinajstić information content (AvgIpc) is 2.65. The second-order valence-corrected chi connectivity index (χ2v) is 5.89. The van der Waals surface area contributed by atoms with Crippen LogP contribution in [0.5, 0.6) is 11.5 Å². The van der Waals surface area contributed by atoms with Gasteiger partial charge < -0.3 is 19.7 Å². The van der Waals surface area contributed by atoms with E-state index in [9.17, 15) is 4.79 Å². The Morgan fingerprint density at radius 3 is 2.35 bits per heavy atom. The summed E-state index contributed by atoms with van der Waals surface area (Å²) in [5, 5.41) is 2.80. The number of ether oxygens (including phenoxy) is 2. The number of nitrogens with zero attached hydrogens (tertiary/aromatic N) is 1. The molecule has 0 aromatic heterocycles. The highest BCUT2D eigenvalue weighted by Crippen LogP contribution is 2.27. The molecule has 2 aromatic carbocycles. The molecule has 1 N–H and O–H groups in total. The molecule has 0 unspecified atom stereocenters. The van der Waals surface area contributed by atoms with Crippen molar-refractivity contribution in [1.29, 1.82) is 0 Å². The van der Waals surface area contributed by atoms with Crippen LogP contribution in [-0.2, 0) is 11.2 Å². The molecule has 0 fully saturated rings. The van der Waals surface area contributed by atoms with E-state index in [0.29, 0.717) is 18.0 Å². The maximum Gasteiger partial charge on any atom is 0.225 e. The summed E-state index contributed by atoms with van der Waals surface area (Å²) in [5.41, 5.74) is 2.90. The molecule has 5 heteroatoms. The van der Waals surface area contributed by atoms with Gasteiger partial charge in [0.2, 0.25) is 5.91 Å². The van der Waals surface area contributed by atoms with Crippen molar-refractivity contribution in [3.8, 4) is 23.3 Å². The molecule has 0 heterocycles. The molecule has 0 aliphatic rings. The summed E-state index contributed by atoms with van der Waals surface area (Å²) in [6.07, 6.45) is 0.263. The van der Waals surface area contributed by atoms with E-state index >= 15 is 0 Å². The molecule has 0 spiro atoms. The van der Waals surface area contributed by atoms with Crippen LogP contribution in [0.25, 0.3) is 0 Å². The number of anilines is 1. The van der Waals surface area contributed by atoms with Crippen LogP contribution in [-0.4, -0.2) is 40.8 Å². The number of carbonyl (C=O) groups excluding carboxylic acids is 1. The number of rotatable bonds is 6. The minimum Gasteiger partial charge on any atom is -0.493 e. The van der Waals surface area contributed by atoms with Crippen LogP contribution in [0.4, 0.5) is 5.69 Å². The lowest BCUT2D eigenvalue weighted by Gasteiger charge is -2.11. The van der Waals surface area contributed by atoms with Crippen LogP contribution >= 0.6 is 0 Å². The van der Waals surface area contributed by atoms with Crippen LogP contribution in [0.15, 0.2) is 42.5 Å². The van der Waals surface area contributed by atoms with Crippen molar-refractivity contribution in [3.05, 3.63) is 53.6 Å². The van der Waals surface area contributed by atoms with E-state index in [1.807, 2.05) is 49.3 Å². The highest BCUT2D eigenvalue weighted by Gasteiger charge is 2.07. The number of benzene rings is 2. The van der Waals surface area contributed by atoms with Crippen molar-refractivity contribution in [3.63, 3.8) is 0 Å². The molecule has 0 atom stereocenters. The van der Waals surface area contributed by atoms with Gasteiger partial charge in [-0.05, 0) is 42.0 Å². The van der Waals surface area contributed by atoms with E-state index in [1.165, 1.54) is 0 Å². The normalized spacial score (nSPS) is 9.69. The van der Waals surface area contributed by atoms with Gasteiger partial charge in [0.05, 0.1) is 27.2 Å². The van der Waals surface area contributed by atoms with Crippen LogP contribution < -0.4 is 19.7 Å². The standard InChI is InChI=1S/C21H24N2O3/c1-23(2)18-10-7-16(8-11-18)6-5-13-22-21(24)15-17-9-12-19(25-3)20(14-17)26-4/h7-12,14H,13,15H2,1-4H3,(H,22,24). The van der Waals surface area contributed by atoms with Crippen LogP contribution in [0.3, 0.4) is 0 Å². The fourth-order valence-electron chi connectivity index (χ4n) is 2.37. The zero-order chi connectivity index (χ0) is 18.9. The number of methoxy groups -OCH3 is 2. The first-order valence-electron chi connectivity index (χ1n) is 8.27. The van der Waals surface area contributed by atoms with Crippen molar-refractivity contribution in [1.82, 2.24) is 5.32 Å². The van der Waals surface area contributed by atoms with E-state index < -0.39 is 0 Å². The van der Waals surface area contributed by atoms with Crippen LogP contribution in [0, 0.1) is 11.8 Å². The van der Waals surface area contributed by atoms with Gasteiger partial charge in [0.25, 0.3) is 0 Å². The Hall–Kier alpha value is -3.13. The zero-order valence-electron chi connectivity index (χ0n) is 15.6. The molecule has 5 nitrogen and oxygen atoms in total. The minimum atomic E-state index is -0.0884. The van der Waals surface area contributed by atoms with Crippen molar-refractivity contribution < 1.29 is 14.3 Å². The molecule has 2 aromatic rings. The molecule has 1 amide bonds. The number of hydrogen-bond donors (Lipinski definition) is 1. The smallest absolute Gasteiger partial charge is 0.225 e. The van der Waals surface area contributed by atoms with Gasteiger partial charge in [-0.1, -0.05) is 17.9 Å². The highest BCUT2D eigenvalue weighted by molar-refractivity contribution is 5.79. The molecule has 26 heavy (non-hydrogen) atoms. The van der Waals surface area contributed by atoms with Gasteiger partial charge in [0.1, 0.15) is 0 Å². The molecule has 0 aliphatic heterocycles. The van der Waals surface area contributed by atoms with Gasteiger partial charge >= 0.3 is 0 Å². The predicted octanol–water partition coefficient (Wildman–Crippen LogP) is 2.48. The summed E-state index contributed by atoms with van der Waals surface area (Å²) in [5.74, 6) is 7.17. The number of hydrogen-bond acceptors (Lipinski definition) is 4. The zero-order valence-corrected chi connectivity index (χ0v) is 15.6. The number of carbonyl (C=O) groups is 1. The Morgan fingerprint density at radius 1 is 1.04 bits per heavy atom. The maximum atomic E-state index is 12.0. The highest BCUT2D eigenvalue weighted by atomic mass is 16.5. The first kappa shape index (κ1) is 19.2. The third-order valence-corrected chi connectivity index (χ3v) is 3.80. The lowest BCUT2D eigenvalue weighted by molar-refractivity contribution is -0.120. The minimum absolute atomic E-state index is 0.0884. The van der Waals surface area contributed by atoms with Crippen LogP contribution in [0.2, 0.25) is 0 Å². The Kier molecular flexibility index (Phi) is 6.92. The monoisotopic (exact) mass is 352 g/mol.